The quantitative estimate of drug-likeness (QED) is 0.737. The van der Waals surface area contributed by atoms with Gasteiger partial charge in [0, 0.05) is 12.1 Å². The SMILES string of the molecule is CCOC(=O)[C@]1(CC)C[C@@H]2CC[C@H]1N2S(=O)(=O)c1cc(C(=O)O)ccc1F. The maximum Gasteiger partial charge on any atom is 0.335 e. The smallest absolute Gasteiger partial charge is 0.335 e. The van der Waals surface area contributed by atoms with Crippen molar-refractivity contribution < 1.29 is 32.2 Å². The lowest BCUT2D eigenvalue weighted by Gasteiger charge is -2.34. The zero-order valence-corrected chi connectivity index (χ0v) is 16.0. The van der Waals surface area contributed by atoms with E-state index < -0.39 is 50.2 Å². The summed E-state index contributed by atoms with van der Waals surface area (Å²) in [5.74, 6) is -2.78. The van der Waals surface area contributed by atoms with Gasteiger partial charge in [-0.15, -0.1) is 0 Å². The van der Waals surface area contributed by atoms with Gasteiger partial charge < -0.3 is 9.84 Å². The molecule has 1 N–H and O–H groups in total. The molecule has 2 saturated heterocycles. The molecule has 2 heterocycles. The lowest BCUT2D eigenvalue weighted by Crippen LogP contribution is -2.45. The number of esters is 1. The molecule has 2 fully saturated rings. The first-order chi connectivity index (χ1) is 12.7. The Balaban J connectivity index is 2.05. The molecule has 7 nitrogen and oxygen atoms in total. The second-order valence-electron chi connectivity index (χ2n) is 6.97. The van der Waals surface area contributed by atoms with E-state index in [0.29, 0.717) is 25.7 Å². The number of halogens is 1. The van der Waals surface area contributed by atoms with Crippen LogP contribution in [0.25, 0.3) is 0 Å². The first-order valence-electron chi connectivity index (χ1n) is 8.92. The van der Waals surface area contributed by atoms with Crippen molar-refractivity contribution in [1.29, 1.82) is 0 Å². The van der Waals surface area contributed by atoms with Crippen molar-refractivity contribution in [2.24, 2.45) is 5.41 Å². The average Bonchev–Trinajstić information content (AvgIpc) is 3.19. The van der Waals surface area contributed by atoms with Gasteiger partial charge in [0.2, 0.25) is 10.0 Å². The topological polar surface area (TPSA) is 101 Å². The third kappa shape index (κ3) is 2.93. The monoisotopic (exact) mass is 399 g/mol. The average molecular weight is 399 g/mol. The van der Waals surface area contributed by atoms with Gasteiger partial charge in [-0.05, 0) is 50.8 Å². The molecule has 0 radical (unpaired) electrons. The predicted octanol–water partition coefficient (Wildman–Crippen LogP) is 2.41. The van der Waals surface area contributed by atoms with E-state index in [1.165, 1.54) is 4.31 Å². The van der Waals surface area contributed by atoms with E-state index in [9.17, 15) is 22.4 Å². The second-order valence-corrected chi connectivity index (χ2v) is 8.78. The van der Waals surface area contributed by atoms with Crippen molar-refractivity contribution in [2.45, 2.75) is 56.5 Å². The number of benzene rings is 1. The molecule has 27 heavy (non-hydrogen) atoms. The number of hydrogen-bond acceptors (Lipinski definition) is 5. The highest BCUT2D eigenvalue weighted by atomic mass is 32.2. The molecule has 3 atom stereocenters. The van der Waals surface area contributed by atoms with E-state index in [2.05, 4.69) is 0 Å². The van der Waals surface area contributed by atoms with Crippen LogP contribution in [-0.4, -0.2) is 48.5 Å². The number of hydrogen-bond donors (Lipinski definition) is 1. The zero-order chi connectivity index (χ0) is 20.0. The van der Waals surface area contributed by atoms with Gasteiger partial charge in [0.1, 0.15) is 10.7 Å². The van der Waals surface area contributed by atoms with Gasteiger partial charge in [-0.25, -0.2) is 17.6 Å². The Morgan fingerprint density at radius 3 is 2.63 bits per heavy atom. The number of carbonyl (C=O) groups is 2. The van der Waals surface area contributed by atoms with Gasteiger partial charge in [0.05, 0.1) is 17.6 Å². The van der Waals surface area contributed by atoms with E-state index in [-0.39, 0.29) is 12.2 Å². The second kappa shape index (κ2) is 6.87. The minimum absolute atomic E-state index is 0.194. The Kier molecular flexibility index (Phi) is 5.02. The van der Waals surface area contributed by atoms with Crippen LogP contribution in [0.3, 0.4) is 0 Å². The number of ether oxygens (including phenoxy) is 1. The molecule has 0 amide bonds. The van der Waals surface area contributed by atoms with Crippen LogP contribution in [0.4, 0.5) is 4.39 Å². The standard InChI is InChI=1S/C18H22FNO6S/c1-3-18(17(23)26-4-2)10-12-6-8-15(18)20(12)27(24,25)14-9-11(16(21)22)5-7-13(14)19/h5,7,9,12,15H,3-4,6,8,10H2,1-2H3,(H,21,22)/t12-,15+,18+/m0/s1. The summed E-state index contributed by atoms with van der Waals surface area (Å²) in [5.41, 5.74) is -1.26. The van der Waals surface area contributed by atoms with Crippen LogP contribution in [0, 0.1) is 11.2 Å². The Morgan fingerprint density at radius 2 is 2.04 bits per heavy atom. The largest absolute Gasteiger partial charge is 0.478 e. The van der Waals surface area contributed by atoms with E-state index >= 15 is 0 Å². The Bertz CT molecular complexity index is 886. The summed E-state index contributed by atoms with van der Waals surface area (Å²) in [6.07, 6.45) is 1.80. The molecule has 0 unspecified atom stereocenters. The third-order valence-corrected chi connectivity index (χ3v) is 7.70. The molecule has 0 aliphatic carbocycles. The van der Waals surface area contributed by atoms with Crippen LogP contribution in [0.1, 0.15) is 49.9 Å². The van der Waals surface area contributed by atoms with Crippen LogP contribution in [0.2, 0.25) is 0 Å². The van der Waals surface area contributed by atoms with Gasteiger partial charge in [-0.2, -0.15) is 4.31 Å². The fraction of sp³-hybridized carbons (Fsp3) is 0.556. The molecule has 9 heteroatoms. The highest BCUT2D eigenvalue weighted by molar-refractivity contribution is 7.89. The normalized spacial score (nSPS) is 27.7. The summed E-state index contributed by atoms with van der Waals surface area (Å²) in [4.78, 5) is 23.1. The van der Waals surface area contributed by atoms with Crippen LogP contribution in [0.5, 0.6) is 0 Å². The molecule has 1 aromatic rings. The lowest BCUT2D eigenvalue weighted by atomic mass is 9.72. The minimum atomic E-state index is -4.30. The highest BCUT2D eigenvalue weighted by Gasteiger charge is 2.63. The summed E-state index contributed by atoms with van der Waals surface area (Å²) < 4.78 is 47.2. The molecule has 1 aromatic carbocycles. The van der Waals surface area contributed by atoms with Crippen LogP contribution in [0.15, 0.2) is 23.1 Å². The number of sulfonamides is 1. The molecule has 2 bridgehead atoms. The van der Waals surface area contributed by atoms with Crippen LogP contribution < -0.4 is 0 Å². The van der Waals surface area contributed by atoms with Gasteiger partial charge in [-0.1, -0.05) is 6.92 Å². The third-order valence-electron chi connectivity index (χ3n) is 5.72. The van der Waals surface area contributed by atoms with Crippen molar-refractivity contribution in [3.05, 3.63) is 29.6 Å². The van der Waals surface area contributed by atoms with Crippen molar-refractivity contribution in [3.8, 4) is 0 Å². The number of carboxylic acids is 1. The van der Waals surface area contributed by atoms with E-state index in [0.717, 1.165) is 18.2 Å². The Hall–Kier alpha value is -2.00. The lowest BCUT2D eigenvalue weighted by molar-refractivity contribution is -0.157. The highest BCUT2D eigenvalue weighted by Crippen LogP contribution is 2.54. The van der Waals surface area contributed by atoms with E-state index in [1.807, 2.05) is 6.92 Å². The molecular weight excluding hydrogens is 377 g/mol. The fourth-order valence-electron chi connectivity index (χ4n) is 4.46. The zero-order valence-electron chi connectivity index (χ0n) is 15.1. The molecule has 2 aliphatic heterocycles. The maximum atomic E-state index is 14.3. The number of carbonyl (C=O) groups excluding carboxylic acids is 1. The first kappa shape index (κ1) is 19.8. The first-order valence-corrected chi connectivity index (χ1v) is 10.4. The van der Waals surface area contributed by atoms with Gasteiger partial charge in [0.25, 0.3) is 0 Å². The maximum absolute atomic E-state index is 14.3. The summed E-state index contributed by atoms with van der Waals surface area (Å²) >= 11 is 0. The number of rotatable bonds is 6. The van der Waals surface area contributed by atoms with Crippen molar-refractivity contribution in [2.75, 3.05) is 6.61 Å². The molecule has 0 spiro atoms. The van der Waals surface area contributed by atoms with Gasteiger partial charge in [-0.3, -0.25) is 4.79 Å². The van der Waals surface area contributed by atoms with Crippen LogP contribution in [-0.2, 0) is 19.6 Å². The Labute approximate surface area is 157 Å². The summed E-state index contributed by atoms with van der Waals surface area (Å²) in [6.45, 7) is 3.70. The Morgan fingerprint density at radius 1 is 1.33 bits per heavy atom. The molecule has 3 rings (SSSR count). The fourth-order valence-corrected chi connectivity index (χ4v) is 6.49. The summed E-state index contributed by atoms with van der Waals surface area (Å²) in [7, 11) is -4.30. The van der Waals surface area contributed by atoms with Crippen molar-refractivity contribution >= 4 is 22.0 Å². The number of fused-ring (bicyclic) bond motifs is 2. The molecule has 148 valence electrons. The summed E-state index contributed by atoms with van der Waals surface area (Å²) in [5, 5.41) is 9.11. The molecule has 2 aliphatic rings. The van der Waals surface area contributed by atoms with Crippen molar-refractivity contribution in [1.82, 2.24) is 4.31 Å². The predicted molar refractivity (Wildman–Crippen MR) is 93.2 cm³/mol. The number of aromatic carboxylic acids is 1. The minimum Gasteiger partial charge on any atom is -0.478 e. The van der Waals surface area contributed by atoms with Crippen molar-refractivity contribution in [3.63, 3.8) is 0 Å². The number of nitrogens with zero attached hydrogens (tertiary/aromatic N) is 1. The molecule has 0 aromatic heterocycles. The summed E-state index contributed by atoms with van der Waals surface area (Å²) in [6, 6.07) is 1.64. The van der Waals surface area contributed by atoms with Crippen LogP contribution >= 0.6 is 0 Å². The van der Waals surface area contributed by atoms with E-state index in [4.69, 9.17) is 9.84 Å². The van der Waals surface area contributed by atoms with Gasteiger partial charge in [0.15, 0.2) is 0 Å². The molecule has 0 saturated carbocycles. The van der Waals surface area contributed by atoms with Gasteiger partial charge >= 0.3 is 11.9 Å². The van der Waals surface area contributed by atoms with E-state index in [1.54, 1.807) is 6.92 Å². The number of carboxylic acid groups (broad SMARTS) is 1. The molecular formula is C18H22FNO6S.